The Hall–Kier alpha value is -3.31. The van der Waals surface area contributed by atoms with E-state index in [1.165, 1.54) is 47.6 Å². The number of sulfonamides is 1. The third-order valence-corrected chi connectivity index (χ3v) is 6.93. The van der Waals surface area contributed by atoms with Crippen LogP contribution in [0.2, 0.25) is 0 Å². The van der Waals surface area contributed by atoms with Crippen LogP contribution in [0.15, 0.2) is 41.3 Å². The second-order valence-electron chi connectivity index (χ2n) is 6.90. The first-order chi connectivity index (χ1) is 15.0. The molecule has 10 nitrogen and oxygen atoms in total. The summed E-state index contributed by atoms with van der Waals surface area (Å²) in [7, 11) is -3.77. The number of hydrogen-bond donors (Lipinski definition) is 1. The van der Waals surface area contributed by atoms with E-state index in [0.29, 0.717) is 5.56 Å². The summed E-state index contributed by atoms with van der Waals surface area (Å²) < 4.78 is 31.8. The minimum atomic E-state index is -3.77. The van der Waals surface area contributed by atoms with Crippen LogP contribution in [-0.2, 0) is 19.6 Å². The Balaban J connectivity index is 2.14. The van der Waals surface area contributed by atoms with Crippen molar-refractivity contribution in [1.82, 2.24) is 4.31 Å². The lowest BCUT2D eigenvalue weighted by atomic mass is 10.1. The van der Waals surface area contributed by atoms with Gasteiger partial charge in [0.25, 0.3) is 11.6 Å². The van der Waals surface area contributed by atoms with Crippen molar-refractivity contribution in [1.29, 1.82) is 0 Å². The maximum Gasteiger partial charge on any atom is 0.338 e. The number of hydrogen-bond acceptors (Lipinski definition) is 7. The van der Waals surface area contributed by atoms with Gasteiger partial charge in [0.15, 0.2) is 6.61 Å². The molecule has 172 valence electrons. The normalized spacial score (nSPS) is 11.3. The number of nitro groups is 1. The number of aryl methyl sites for hydroxylation is 1. The number of anilines is 1. The van der Waals surface area contributed by atoms with Gasteiger partial charge in [0.05, 0.1) is 26.6 Å². The predicted molar refractivity (Wildman–Crippen MR) is 118 cm³/mol. The van der Waals surface area contributed by atoms with Crippen LogP contribution in [0.3, 0.4) is 0 Å². The summed E-state index contributed by atoms with van der Waals surface area (Å²) >= 11 is 0. The lowest BCUT2D eigenvalue weighted by Crippen LogP contribution is -2.30. The molecular formula is C21H25N3O7S. The van der Waals surface area contributed by atoms with Gasteiger partial charge in [0, 0.05) is 19.2 Å². The molecule has 0 atom stereocenters. The van der Waals surface area contributed by atoms with Crippen molar-refractivity contribution < 1.29 is 27.7 Å². The van der Waals surface area contributed by atoms with E-state index in [2.05, 4.69) is 5.32 Å². The smallest absolute Gasteiger partial charge is 0.338 e. The summed E-state index contributed by atoms with van der Waals surface area (Å²) in [4.78, 5) is 35.1. The van der Waals surface area contributed by atoms with E-state index in [4.69, 9.17) is 4.74 Å². The van der Waals surface area contributed by atoms with E-state index < -0.39 is 33.4 Å². The molecule has 0 aliphatic heterocycles. The Morgan fingerprint density at radius 2 is 1.78 bits per heavy atom. The molecule has 1 N–H and O–H groups in total. The average molecular weight is 464 g/mol. The van der Waals surface area contributed by atoms with Crippen LogP contribution in [0.1, 0.15) is 35.3 Å². The van der Waals surface area contributed by atoms with Crippen molar-refractivity contribution in [3.05, 3.63) is 63.2 Å². The number of esters is 1. The second kappa shape index (κ2) is 10.3. The van der Waals surface area contributed by atoms with E-state index in [1.54, 1.807) is 20.8 Å². The van der Waals surface area contributed by atoms with Crippen molar-refractivity contribution in [2.24, 2.45) is 0 Å². The van der Waals surface area contributed by atoms with Crippen molar-refractivity contribution in [3.63, 3.8) is 0 Å². The first-order valence-electron chi connectivity index (χ1n) is 9.84. The molecule has 2 rings (SSSR count). The zero-order chi connectivity index (χ0) is 24.1. The third-order valence-electron chi connectivity index (χ3n) is 4.88. The lowest BCUT2D eigenvalue weighted by molar-refractivity contribution is -0.385. The molecule has 32 heavy (non-hydrogen) atoms. The topological polar surface area (TPSA) is 136 Å². The van der Waals surface area contributed by atoms with Crippen LogP contribution < -0.4 is 5.32 Å². The highest BCUT2D eigenvalue weighted by atomic mass is 32.2. The van der Waals surface area contributed by atoms with Gasteiger partial charge in [-0.1, -0.05) is 26.0 Å². The van der Waals surface area contributed by atoms with Gasteiger partial charge in [-0.2, -0.15) is 4.31 Å². The van der Waals surface area contributed by atoms with Gasteiger partial charge in [-0.3, -0.25) is 14.9 Å². The van der Waals surface area contributed by atoms with Crippen LogP contribution in [0.25, 0.3) is 0 Å². The summed E-state index contributed by atoms with van der Waals surface area (Å²) in [5.41, 5.74) is 0.855. The standard InChI is InChI=1S/C21H25N3O7S/c1-5-23(6-2)32(29,30)16-11-10-14(3)17(12-16)21(26)31-13-20(25)22-18-8-7-9-19(15(18)4)24(27)28/h7-12H,5-6,13H2,1-4H3,(H,22,25). The molecule has 0 spiro atoms. The zero-order valence-corrected chi connectivity index (χ0v) is 19.1. The van der Waals surface area contributed by atoms with Crippen molar-refractivity contribution in [2.75, 3.05) is 25.0 Å². The molecule has 2 aromatic carbocycles. The van der Waals surface area contributed by atoms with E-state index in [1.807, 2.05) is 0 Å². The van der Waals surface area contributed by atoms with Crippen molar-refractivity contribution in [2.45, 2.75) is 32.6 Å². The fourth-order valence-corrected chi connectivity index (χ4v) is 4.53. The van der Waals surface area contributed by atoms with Crippen LogP contribution >= 0.6 is 0 Å². The van der Waals surface area contributed by atoms with Crippen molar-refractivity contribution in [3.8, 4) is 0 Å². The highest BCUT2D eigenvalue weighted by Crippen LogP contribution is 2.25. The molecule has 0 aliphatic rings. The number of nitro benzene ring substituents is 1. The highest BCUT2D eigenvalue weighted by Gasteiger charge is 2.24. The van der Waals surface area contributed by atoms with Gasteiger partial charge in [-0.05, 0) is 37.6 Å². The average Bonchev–Trinajstić information content (AvgIpc) is 2.74. The lowest BCUT2D eigenvalue weighted by Gasteiger charge is -2.19. The molecule has 0 unspecified atom stereocenters. The van der Waals surface area contributed by atoms with E-state index in [-0.39, 0.29) is 40.5 Å². The highest BCUT2D eigenvalue weighted by molar-refractivity contribution is 7.89. The van der Waals surface area contributed by atoms with Crippen LogP contribution in [0, 0.1) is 24.0 Å². The summed E-state index contributed by atoms with van der Waals surface area (Å²) in [5.74, 6) is -1.54. The molecule has 0 fully saturated rings. The fraction of sp³-hybridized carbons (Fsp3) is 0.333. The van der Waals surface area contributed by atoms with Gasteiger partial charge < -0.3 is 10.1 Å². The minimum Gasteiger partial charge on any atom is -0.452 e. The minimum absolute atomic E-state index is 0.0255. The SMILES string of the molecule is CCN(CC)S(=O)(=O)c1ccc(C)c(C(=O)OCC(=O)Nc2cccc([N+](=O)[O-])c2C)c1. The number of nitrogens with one attached hydrogen (secondary N) is 1. The molecule has 0 heterocycles. The van der Waals surface area contributed by atoms with Gasteiger partial charge in [-0.25, -0.2) is 13.2 Å². The molecule has 1 amide bonds. The molecule has 0 aromatic heterocycles. The number of ether oxygens (including phenoxy) is 1. The molecule has 0 aliphatic carbocycles. The van der Waals surface area contributed by atoms with Gasteiger partial charge in [0.1, 0.15) is 0 Å². The van der Waals surface area contributed by atoms with Gasteiger partial charge >= 0.3 is 5.97 Å². The molecule has 0 radical (unpaired) electrons. The molecule has 0 saturated heterocycles. The maximum atomic E-state index is 12.7. The largest absolute Gasteiger partial charge is 0.452 e. The number of rotatable bonds is 9. The first-order valence-corrected chi connectivity index (χ1v) is 11.3. The number of amides is 1. The molecular weight excluding hydrogens is 438 g/mol. The molecule has 2 aromatic rings. The Bertz CT molecular complexity index is 1140. The van der Waals surface area contributed by atoms with E-state index in [0.717, 1.165) is 0 Å². The number of nitrogens with zero attached hydrogens (tertiary/aromatic N) is 2. The molecule has 0 saturated carbocycles. The quantitative estimate of drug-likeness (QED) is 0.343. The molecule has 11 heteroatoms. The summed E-state index contributed by atoms with van der Waals surface area (Å²) in [6.07, 6.45) is 0. The van der Waals surface area contributed by atoms with E-state index >= 15 is 0 Å². The van der Waals surface area contributed by atoms with Crippen LogP contribution in [0.4, 0.5) is 11.4 Å². The van der Waals surface area contributed by atoms with Gasteiger partial charge in [-0.15, -0.1) is 0 Å². The molecule has 0 bridgehead atoms. The monoisotopic (exact) mass is 463 g/mol. The number of carbonyl (C=O) groups excluding carboxylic acids is 2. The second-order valence-corrected chi connectivity index (χ2v) is 8.84. The third kappa shape index (κ3) is 5.48. The zero-order valence-electron chi connectivity index (χ0n) is 18.2. The van der Waals surface area contributed by atoms with Crippen LogP contribution in [-0.4, -0.2) is 49.2 Å². The number of carbonyl (C=O) groups is 2. The Morgan fingerprint density at radius 3 is 2.38 bits per heavy atom. The summed E-state index contributed by atoms with van der Waals surface area (Å²) in [6.45, 7) is 6.46. The summed E-state index contributed by atoms with van der Waals surface area (Å²) in [6, 6.07) is 8.38. The van der Waals surface area contributed by atoms with Gasteiger partial charge in [0.2, 0.25) is 10.0 Å². The Labute approximate surface area is 186 Å². The van der Waals surface area contributed by atoms with E-state index in [9.17, 15) is 28.1 Å². The summed E-state index contributed by atoms with van der Waals surface area (Å²) in [5, 5.41) is 13.5. The van der Waals surface area contributed by atoms with Crippen molar-refractivity contribution >= 4 is 33.3 Å². The predicted octanol–water partition coefficient (Wildman–Crippen LogP) is 3.04. The Kier molecular flexibility index (Phi) is 8.06. The Morgan fingerprint density at radius 1 is 1.12 bits per heavy atom. The first kappa shape index (κ1) is 25.0. The van der Waals surface area contributed by atoms with Crippen LogP contribution in [0.5, 0.6) is 0 Å². The maximum absolute atomic E-state index is 12.7. The number of benzene rings is 2. The fourth-order valence-electron chi connectivity index (χ4n) is 3.05.